The van der Waals surface area contributed by atoms with Gasteiger partial charge in [0.15, 0.2) is 0 Å². The van der Waals surface area contributed by atoms with Gasteiger partial charge in [0.2, 0.25) is 11.8 Å². The van der Waals surface area contributed by atoms with Gasteiger partial charge in [0.1, 0.15) is 11.6 Å². The average molecular weight is 629 g/mol. The molecule has 3 saturated heterocycles. The second-order valence-electron chi connectivity index (χ2n) is 12.8. The molecule has 9 nitrogen and oxygen atoms in total. The quantitative estimate of drug-likeness (QED) is 0.306. The summed E-state index contributed by atoms with van der Waals surface area (Å²) in [5.74, 6) is -2.52. The predicted molar refractivity (Wildman–Crippen MR) is 182 cm³/mol. The summed E-state index contributed by atoms with van der Waals surface area (Å²) in [6, 6.07) is 16.3. The van der Waals surface area contributed by atoms with Gasteiger partial charge in [0.05, 0.1) is 17.4 Å². The van der Waals surface area contributed by atoms with Crippen LogP contribution in [0.25, 0.3) is 0 Å². The van der Waals surface area contributed by atoms with E-state index in [1.807, 2.05) is 68.4 Å². The highest BCUT2D eigenvalue weighted by molar-refractivity contribution is 6.07. The molecule has 0 saturated carbocycles. The maximum Gasteiger partial charge on any atom is 0.253 e. The first-order chi connectivity index (χ1) is 22.1. The zero-order chi connectivity index (χ0) is 33.2. The van der Waals surface area contributed by atoms with Crippen LogP contribution in [-0.4, -0.2) is 84.3 Å². The highest BCUT2D eigenvalue weighted by Gasteiger charge is 2.80. The molecule has 3 aliphatic heterocycles. The van der Waals surface area contributed by atoms with E-state index in [1.54, 1.807) is 26.9 Å². The Morgan fingerprint density at radius 3 is 2.09 bits per heavy atom. The molecule has 46 heavy (non-hydrogen) atoms. The standard InChI is InChI=1S/C37H48N4O5/c1-7-21-39(28-15-12-11-13-16-28)33(43)30-31-34(44)41(23-14-24-42)32(37(31)25-26(5)36(30,6)46-37)35(45)40(22-8-2)29-19-17-27(18-20-29)38(9-3)10-4/h7-8,11-13,15-20,26,30-32,42H,1-2,9-10,14,21-25H2,3-6H3/t26?,30-,31+,32?,36+,37?/m1/s1. The lowest BCUT2D eigenvalue weighted by atomic mass is 9.62. The van der Waals surface area contributed by atoms with Crippen molar-refractivity contribution < 1.29 is 24.2 Å². The number of hydrogen-bond acceptors (Lipinski definition) is 6. The summed E-state index contributed by atoms with van der Waals surface area (Å²) in [6.07, 6.45) is 4.12. The number of aliphatic hydroxyl groups excluding tert-OH is 1. The van der Waals surface area contributed by atoms with Crippen LogP contribution in [0, 0.1) is 17.8 Å². The first kappa shape index (κ1) is 33.4. The lowest BCUT2D eigenvalue weighted by Crippen LogP contribution is -2.57. The molecule has 3 unspecified atom stereocenters. The molecule has 3 aliphatic rings. The molecule has 246 valence electrons. The van der Waals surface area contributed by atoms with Crippen molar-refractivity contribution in [2.75, 3.05) is 54.0 Å². The van der Waals surface area contributed by atoms with Crippen LogP contribution in [0.2, 0.25) is 0 Å². The number of nitrogens with zero attached hydrogens (tertiary/aromatic N) is 4. The van der Waals surface area contributed by atoms with Crippen LogP contribution in [0.1, 0.15) is 40.5 Å². The number of amides is 3. The molecule has 5 rings (SSSR count). The highest BCUT2D eigenvalue weighted by atomic mass is 16.5. The topological polar surface area (TPSA) is 93.6 Å². The molecule has 2 aromatic rings. The van der Waals surface area contributed by atoms with E-state index in [1.165, 1.54) is 0 Å². The summed E-state index contributed by atoms with van der Waals surface area (Å²) in [4.78, 5) is 51.2. The van der Waals surface area contributed by atoms with Gasteiger partial charge in [0, 0.05) is 56.4 Å². The van der Waals surface area contributed by atoms with Gasteiger partial charge < -0.3 is 29.4 Å². The van der Waals surface area contributed by atoms with Crippen LogP contribution in [0.5, 0.6) is 0 Å². The molecule has 1 N–H and O–H groups in total. The van der Waals surface area contributed by atoms with Gasteiger partial charge in [-0.25, -0.2) is 0 Å². The minimum Gasteiger partial charge on any atom is -0.396 e. The van der Waals surface area contributed by atoms with Crippen LogP contribution in [0.3, 0.4) is 0 Å². The van der Waals surface area contributed by atoms with Crippen LogP contribution in [-0.2, 0) is 19.1 Å². The van der Waals surface area contributed by atoms with Gasteiger partial charge >= 0.3 is 0 Å². The van der Waals surface area contributed by atoms with Crippen molar-refractivity contribution in [1.29, 1.82) is 0 Å². The lowest BCUT2D eigenvalue weighted by molar-refractivity contribution is -0.146. The Morgan fingerprint density at radius 2 is 1.52 bits per heavy atom. The van der Waals surface area contributed by atoms with Gasteiger partial charge in [-0.3, -0.25) is 14.4 Å². The van der Waals surface area contributed by atoms with E-state index in [0.29, 0.717) is 24.2 Å². The molecule has 0 aliphatic carbocycles. The number of anilines is 3. The molecular formula is C37H48N4O5. The molecule has 9 heteroatoms. The van der Waals surface area contributed by atoms with E-state index >= 15 is 0 Å². The number of aliphatic hydroxyl groups is 1. The van der Waals surface area contributed by atoms with Crippen molar-refractivity contribution in [2.24, 2.45) is 17.8 Å². The van der Waals surface area contributed by atoms with Crippen LogP contribution >= 0.6 is 0 Å². The van der Waals surface area contributed by atoms with Crippen LogP contribution < -0.4 is 14.7 Å². The first-order valence-electron chi connectivity index (χ1n) is 16.5. The third-order valence-corrected chi connectivity index (χ3v) is 10.4. The van der Waals surface area contributed by atoms with E-state index in [0.717, 1.165) is 18.8 Å². The summed E-state index contributed by atoms with van der Waals surface area (Å²) in [7, 11) is 0. The Balaban J connectivity index is 1.58. The Kier molecular flexibility index (Phi) is 9.75. The number of carbonyl (C=O) groups excluding carboxylic acids is 3. The van der Waals surface area contributed by atoms with E-state index < -0.39 is 29.1 Å². The van der Waals surface area contributed by atoms with Crippen molar-refractivity contribution >= 4 is 34.8 Å². The van der Waals surface area contributed by atoms with E-state index in [-0.39, 0.29) is 49.9 Å². The second-order valence-corrected chi connectivity index (χ2v) is 12.8. The SMILES string of the molecule is C=CCN(C(=O)C1N(CCCO)C(=O)[C@@H]2[C@H](C(=O)N(CC=C)c3ccccc3)[C@@]3(C)OC12CC3C)c1ccc(N(CC)CC)cc1. The molecule has 1 spiro atoms. The highest BCUT2D eigenvalue weighted by Crippen LogP contribution is 2.65. The van der Waals surface area contributed by atoms with Gasteiger partial charge in [-0.1, -0.05) is 37.3 Å². The van der Waals surface area contributed by atoms with Crippen LogP contribution in [0.4, 0.5) is 17.1 Å². The molecule has 3 heterocycles. The minimum absolute atomic E-state index is 0.0962. The largest absolute Gasteiger partial charge is 0.396 e. The fourth-order valence-electron chi connectivity index (χ4n) is 8.13. The van der Waals surface area contributed by atoms with Crippen LogP contribution in [0.15, 0.2) is 79.9 Å². The number of ether oxygens (including phenoxy) is 1. The molecular weight excluding hydrogens is 580 g/mol. The second kappa shape index (κ2) is 13.4. The Morgan fingerprint density at radius 1 is 0.957 bits per heavy atom. The fraction of sp³-hybridized carbons (Fsp3) is 0.486. The van der Waals surface area contributed by atoms with Gasteiger partial charge in [-0.05, 0) is 75.9 Å². The molecule has 2 bridgehead atoms. The Labute approximate surface area is 273 Å². The third kappa shape index (κ3) is 5.33. The molecule has 3 amide bonds. The first-order valence-corrected chi connectivity index (χ1v) is 16.5. The number of rotatable bonds is 14. The Bertz CT molecular complexity index is 1440. The van der Waals surface area contributed by atoms with Crippen molar-refractivity contribution in [3.8, 4) is 0 Å². The van der Waals surface area contributed by atoms with Crippen molar-refractivity contribution in [3.63, 3.8) is 0 Å². The fourth-order valence-corrected chi connectivity index (χ4v) is 8.13. The number of benzene rings is 2. The maximum absolute atomic E-state index is 14.9. The zero-order valence-corrected chi connectivity index (χ0v) is 27.6. The number of fused-ring (bicyclic) bond motifs is 1. The number of para-hydroxylation sites is 1. The third-order valence-electron chi connectivity index (χ3n) is 10.4. The van der Waals surface area contributed by atoms with Gasteiger partial charge in [-0.2, -0.15) is 0 Å². The summed E-state index contributed by atoms with van der Waals surface area (Å²) in [5.41, 5.74) is 0.302. The molecule has 0 radical (unpaired) electrons. The lowest BCUT2D eigenvalue weighted by Gasteiger charge is -2.39. The molecule has 3 fully saturated rings. The number of hydrogen-bond donors (Lipinski definition) is 1. The molecule has 6 atom stereocenters. The monoisotopic (exact) mass is 628 g/mol. The van der Waals surface area contributed by atoms with Crippen molar-refractivity contribution in [1.82, 2.24) is 4.90 Å². The summed E-state index contributed by atoms with van der Waals surface area (Å²) >= 11 is 0. The number of likely N-dealkylation sites (tertiary alicyclic amines) is 1. The van der Waals surface area contributed by atoms with Crippen molar-refractivity contribution in [3.05, 3.63) is 79.9 Å². The van der Waals surface area contributed by atoms with E-state index in [9.17, 15) is 19.5 Å². The zero-order valence-electron chi connectivity index (χ0n) is 27.6. The van der Waals surface area contributed by atoms with E-state index in [2.05, 4.69) is 31.9 Å². The predicted octanol–water partition coefficient (Wildman–Crippen LogP) is 4.66. The number of carbonyl (C=O) groups is 3. The summed E-state index contributed by atoms with van der Waals surface area (Å²) < 4.78 is 6.96. The van der Waals surface area contributed by atoms with Crippen molar-refractivity contribution in [2.45, 2.75) is 57.8 Å². The van der Waals surface area contributed by atoms with Gasteiger partial charge in [0.25, 0.3) is 5.91 Å². The minimum atomic E-state index is -1.20. The maximum atomic E-state index is 14.9. The average Bonchev–Trinajstić information content (AvgIpc) is 3.58. The Hall–Kier alpha value is -3.95. The summed E-state index contributed by atoms with van der Waals surface area (Å²) in [5, 5.41) is 9.78. The summed E-state index contributed by atoms with van der Waals surface area (Å²) in [6.45, 7) is 18.2. The molecule has 0 aromatic heterocycles. The normalized spacial score (nSPS) is 27.8. The van der Waals surface area contributed by atoms with Gasteiger partial charge in [-0.15, -0.1) is 13.2 Å². The smallest absolute Gasteiger partial charge is 0.253 e. The molecule has 2 aromatic carbocycles. The van der Waals surface area contributed by atoms with E-state index in [4.69, 9.17) is 4.74 Å².